The van der Waals surface area contributed by atoms with Crippen LogP contribution in [-0.4, -0.2) is 46.2 Å². The summed E-state index contributed by atoms with van der Waals surface area (Å²) in [6, 6.07) is 7.16. The molecule has 0 aliphatic heterocycles. The minimum atomic E-state index is -0.139. The Kier molecular flexibility index (Phi) is 5.14. The summed E-state index contributed by atoms with van der Waals surface area (Å²) in [6.07, 6.45) is 1.41. The molecule has 1 aromatic heterocycles. The van der Waals surface area contributed by atoms with Crippen LogP contribution in [0, 0.1) is 0 Å². The van der Waals surface area contributed by atoms with Gasteiger partial charge in [-0.05, 0) is 31.2 Å². The summed E-state index contributed by atoms with van der Waals surface area (Å²) in [5.41, 5.74) is 0. The van der Waals surface area contributed by atoms with Gasteiger partial charge in [-0.25, -0.2) is 4.98 Å². The van der Waals surface area contributed by atoms with Crippen LogP contribution in [0.25, 0.3) is 0 Å². The molecule has 0 spiro atoms. The Morgan fingerprint density at radius 1 is 1.24 bits per heavy atom. The fourth-order valence-electron chi connectivity index (χ4n) is 1.67. The Balaban J connectivity index is 1.80. The summed E-state index contributed by atoms with van der Waals surface area (Å²) < 4.78 is 10.8. The Bertz CT molecular complexity index is 554. The third-order valence-corrected chi connectivity index (χ3v) is 2.77. The predicted molar refractivity (Wildman–Crippen MR) is 76.0 cm³/mol. The highest BCUT2D eigenvalue weighted by Crippen LogP contribution is 2.17. The first-order chi connectivity index (χ1) is 10.2. The molecule has 1 aromatic carbocycles. The van der Waals surface area contributed by atoms with Crippen molar-refractivity contribution in [1.29, 1.82) is 0 Å². The van der Waals surface area contributed by atoms with Crippen LogP contribution in [0.5, 0.6) is 11.5 Å². The monoisotopic (exact) mass is 290 g/mol. The zero-order valence-corrected chi connectivity index (χ0v) is 12.1. The molecular formula is C14H18N4O3. The normalized spacial score (nSPS) is 10.2. The Hall–Kier alpha value is -2.57. The molecule has 0 atom stereocenters. The van der Waals surface area contributed by atoms with Gasteiger partial charge in [0.2, 0.25) is 0 Å². The zero-order valence-electron chi connectivity index (χ0n) is 12.1. The highest BCUT2D eigenvalue weighted by Gasteiger charge is 2.11. The van der Waals surface area contributed by atoms with Crippen molar-refractivity contribution in [2.45, 2.75) is 13.5 Å². The topological polar surface area (TPSA) is 80.3 Å². The van der Waals surface area contributed by atoms with Crippen LogP contribution < -0.4 is 9.47 Å². The van der Waals surface area contributed by atoms with E-state index in [0.29, 0.717) is 24.7 Å². The van der Waals surface area contributed by atoms with Crippen LogP contribution >= 0.6 is 0 Å². The number of hydrogen-bond acceptors (Lipinski definition) is 5. The molecule has 0 aliphatic rings. The average molecular weight is 290 g/mol. The van der Waals surface area contributed by atoms with E-state index in [9.17, 15) is 4.79 Å². The van der Waals surface area contributed by atoms with Gasteiger partial charge in [0.15, 0.2) is 6.61 Å². The van der Waals surface area contributed by atoms with Crippen molar-refractivity contribution < 1.29 is 14.3 Å². The van der Waals surface area contributed by atoms with E-state index in [1.54, 1.807) is 19.2 Å². The second kappa shape index (κ2) is 7.28. The average Bonchev–Trinajstić information content (AvgIpc) is 2.99. The number of carbonyl (C=O) groups excluding carboxylic acids is 1. The number of H-pyrrole nitrogens is 1. The van der Waals surface area contributed by atoms with E-state index in [4.69, 9.17) is 9.47 Å². The van der Waals surface area contributed by atoms with Crippen molar-refractivity contribution in [3.63, 3.8) is 0 Å². The van der Waals surface area contributed by atoms with Crippen LogP contribution in [-0.2, 0) is 11.3 Å². The maximum atomic E-state index is 11.9. The Morgan fingerprint density at radius 2 is 1.90 bits per heavy atom. The number of rotatable bonds is 7. The number of aromatic amines is 1. The van der Waals surface area contributed by atoms with Gasteiger partial charge in [0.1, 0.15) is 23.7 Å². The molecule has 0 radical (unpaired) electrons. The Labute approximate surface area is 122 Å². The van der Waals surface area contributed by atoms with E-state index >= 15 is 0 Å². The van der Waals surface area contributed by atoms with Gasteiger partial charge >= 0.3 is 0 Å². The van der Waals surface area contributed by atoms with Crippen molar-refractivity contribution in [1.82, 2.24) is 20.1 Å². The van der Waals surface area contributed by atoms with Gasteiger partial charge in [0.05, 0.1) is 13.2 Å². The van der Waals surface area contributed by atoms with Crippen molar-refractivity contribution >= 4 is 5.91 Å². The van der Waals surface area contributed by atoms with Gasteiger partial charge < -0.3 is 14.4 Å². The Morgan fingerprint density at radius 3 is 2.48 bits per heavy atom. The van der Waals surface area contributed by atoms with Gasteiger partial charge in [-0.3, -0.25) is 9.89 Å². The largest absolute Gasteiger partial charge is 0.494 e. The number of aromatic nitrogens is 3. The van der Waals surface area contributed by atoms with E-state index < -0.39 is 0 Å². The molecule has 0 unspecified atom stereocenters. The fraction of sp³-hybridized carbons (Fsp3) is 0.357. The number of hydrogen-bond donors (Lipinski definition) is 1. The number of ether oxygens (including phenoxy) is 2. The maximum absolute atomic E-state index is 11.9. The molecule has 7 nitrogen and oxygen atoms in total. The third-order valence-electron chi connectivity index (χ3n) is 2.77. The highest BCUT2D eigenvalue weighted by molar-refractivity contribution is 5.77. The molecule has 2 aromatic rings. The molecule has 0 fully saturated rings. The first kappa shape index (κ1) is 14.8. The van der Waals surface area contributed by atoms with Gasteiger partial charge in [0.25, 0.3) is 5.91 Å². The summed E-state index contributed by atoms with van der Waals surface area (Å²) in [5.74, 6) is 1.89. The first-order valence-electron chi connectivity index (χ1n) is 6.63. The minimum absolute atomic E-state index is 0.0291. The van der Waals surface area contributed by atoms with Crippen LogP contribution in [0.4, 0.5) is 0 Å². The molecule has 7 heteroatoms. The molecule has 0 saturated heterocycles. The third kappa shape index (κ3) is 4.48. The summed E-state index contributed by atoms with van der Waals surface area (Å²) in [4.78, 5) is 17.4. The second-order valence-electron chi connectivity index (χ2n) is 4.38. The molecule has 1 heterocycles. The lowest BCUT2D eigenvalue weighted by Crippen LogP contribution is -2.31. The maximum Gasteiger partial charge on any atom is 0.260 e. The minimum Gasteiger partial charge on any atom is -0.494 e. The van der Waals surface area contributed by atoms with Gasteiger partial charge in [-0.2, -0.15) is 5.10 Å². The number of amides is 1. The molecule has 1 N–H and O–H groups in total. The van der Waals surface area contributed by atoms with Crippen molar-refractivity contribution in [3.05, 3.63) is 36.4 Å². The molecular weight excluding hydrogens is 272 g/mol. The molecule has 21 heavy (non-hydrogen) atoms. The number of likely N-dealkylation sites (N-methyl/N-ethyl adjacent to an activating group) is 1. The smallest absolute Gasteiger partial charge is 0.260 e. The molecule has 0 bridgehead atoms. The van der Waals surface area contributed by atoms with Crippen molar-refractivity contribution in [3.8, 4) is 11.5 Å². The fourth-order valence-corrected chi connectivity index (χ4v) is 1.67. The molecule has 112 valence electrons. The molecule has 2 rings (SSSR count). The lowest BCUT2D eigenvalue weighted by atomic mass is 10.3. The molecule has 0 saturated carbocycles. The van der Waals surface area contributed by atoms with Gasteiger partial charge in [-0.15, -0.1) is 0 Å². The van der Waals surface area contributed by atoms with Crippen molar-refractivity contribution in [2.24, 2.45) is 0 Å². The van der Waals surface area contributed by atoms with Crippen molar-refractivity contribution in [2.75, 3.05) is 20.3 Å². The molecule has 1 amide bonds. The highest BCUT2D eigenvalue weighted by atomic mass is 16.5. The standard InChI is InChI=1S/C14H18N4O3/c1-3-20-11-4-6-12(7-5-11)21-9-14(19)18(2)8-13-15-10-16-17-13/h4-7,10H,3,8-9H2,1-2H3,(H,15,16,17). The lowest BCUT2D eigenvalue weighted by molar-refractivity contribution is -0.132. The summed E-state index contributed by atoms with van der Waals surface area (Å²) in [6.45, 7) is 2.88. The summed E-state index contributed by atoms with van der Waals surface area (Å²) in [7, 11) is 1.69. The zero-order chi connectivity index (χ0) is 15.1. The molecule has 0 aliphatic carbocycles. The van der Waals surface area contributed by atoms with Crippen LogP contribution in [0.1, 0.15) is 12.7 Å². The van der Waals surface area contributed by atoms with E-state index in [2.05, 4.69) is 15.2 Å². The van der Waals surface area contributed by atoms with Gasteiger partial charge in [-0.1, -0.05) is 0 Å². The summed E-state index contributed by atoms with van der Waals surface area (Å²) >= 11 is 0. The van der Waals surface area contributed by atoms with E-state index in [-0.39, 0.29) is 12.5 Å². The number of benzene rings is 1. The first-order valence-corrected chi connectivity index (χ1v) is 6.63. The SMILES string of the molecule is CCOc1ccc(OCC(=O)N(C)Cc2ncn[nH]2)cc1. The predicted octanol–water partition coefficient (Wildman–Crippen LogP) is 1.24. The number of nitrogens with zero attached hydrogens (tertiary/aromatic N) is 3. The summed E-state index contributed by atoms with van der Waals surface area (Å²) in [5, 5.41) is 6.44. The number of nitrogens with one attached hydrogen (secondary N) is 1. The quantitative estimate of drug-likeness (QED) is 0.830. The van der Waals surface area contributed by atoms with Gasteiger partial charge in [0, 0.05) is 7.05 Å². The van der Waals surface area contributed by atoms with E-state index in [0.717, 1.165) is 5.75 Å². The second-order valence-corrected chi connectivity index (χ2v) is 4.38. The van der Waals surface area contributed by atoms with E-state index in [1.165, 1.54) is 11.2 Å². The van der Waals surface area contributed by atoms with Crippen LogP contribution in [0.3, 0.4) is 0 Å². The van der Waals surface area contributed by atoms with E-state index in [1.807, 2.05) is 19.1 Å². The van der Waals surface area contributed by atoms with Crippen LogP contribution in [0.2, 0.25) is 0 Å². The van der Waals surface area contributed by atoms with Crippen LogP contribution in [0.15, 0.2) is 30.6 Å². The lowest BCUT2D eigenvalue weighted by Gasteiger charge is -2.16. The number of carbonyl (C=O) groups is 1.